The van der Waals surface area contributed by atoms with Gasteiger partial charge in [0.15, 0.2) is 0 Å². The van der Waals surface area contributed by atoms with E-state index >= 15 is 0 Å². The number of carbonyl (C=O) groups excluding carboxylic acids is 5. The number of hydrogen-bond acceptors (Lipinski definition) is 10. The maximum atomic E-state index is 13.9. The maximum absolute atomic E-state index is 13.9. The molecule has 3 N–H and O–H groups in total. The molecule has 4 rings (SSSR count). The average Bonchev–Trinajstić information content (AvgIpc) is 3.13. The van der Waals surface area contributed by atoms with E-state index in [2.05, 4.69) is 27.9 Å². The number of rotatable bonds is 14. The van der Waals surface area contributed by atoms with Crippen LogP contribution in [0.2, 0.25) is 0 Å². The lowest BCUT2D eigenvalue weighted by Crippen LogP contribution is -2.56. The summed E-state index contributed by atoms with van der Waals surface area (Å²) in [4.78, 5) is 73.6. The molecule has 1 aromatic heterocycles. The summed E-state index contributed by atoms with van der Waals surface area (Å²) in [6, 6.07) is 11.2. The second kappa shape index (κ2) is 19.8. The molecule has 52 heavy (non-hydrogen) atoms. The first-order chi connectivity index (χ1) is 24.9. The van der Waals surface area contributed by atoms with Gasteiger partial charge in [-0.2, -0.15) is 0 Å². The molecule has 2 fully saturated rings. The van der Waals surface area contributed by atoms with Crippen LogP contribution in [0, 0.1) is 5.92 Å². The zero-order chi connectivity index (χ0) is 37.5. The van der Waals surface area contributed by atoms with Crippen molar-refractivity contribution < 1.29 is 38.2 Å². The predicted molar refractivity (Wildman–Crippen MR) is 196 cm³/mol. The molecule has 0 radical (unpaired) electrons. The Labute approximate surface area is 306 Å². The van der Waals surface area contributed by atoms with Crippen molar-refractivity contribution in [2.24, 2.45) is 5.92 Å². The Kier molecular flexibility index (Phi) is 15.2. The number of nitrogens with one attached hydrogen (secondary N) is 3. The minimum absolute atomic E-state index is 0.0222. The number of benzene rings is 1. The summed E-state index contributed by atoms with van der Waals surface area (Å²) in [5.41, 5.74) is 0.671. The van der Waals surface area contributed by atoms with E-state index in [1.54, 1.807) is 36.6 Å². The Morgan fingerprint density at radius 1 is 0.942 bits per heavy atom. The second-order valence-electron chi connectivity index (χ2n) is 14.2. The molecule has 2 aliphatic heterocycles. The van der Waals surface area contributed by atoms with Crippen LogP contribution < -0.4 is 16.0 Å². The van der Waals surface area contributed by atoms with Crippen molar-refractivity contribution >= 4 is 35.7 Å². The van der Waals surface area contributed by atoms with Crippen LogP contribution in [-0.2, 0) is 23.8 Å². The molecule has 1 atom stereocenters. The van der Waals surface area contributed by atoms with Gasteiger partial charge in [-0.3, -0.25) is 19.7 Å². The summed E-state index contributed by atoms with van der Waals surface area (Å²) in [7, 11) is 0. The fourth-order valence-electron chi connectivity index (χ4n) is 5.95. The Hall–Kier alpha value is -4.72. The van der Waals surface area contributed by atoms with Crippen molar-refractivity contribution in [2.45, 2.75) is 84.3 Å². The summed E-state index contributed by atoms with van der Waals surface area (Å²) in [5.74, 6) is -1.30. The molecule has 4 amide bonds. The lowest BCUT2D eigenvalue weighted by molar-refractivity contribution is -0.155. The minimum atomic E-state index is -1.10. The van der Waals surface area contributed by atoms with Gasteiger partial charge in [0.05, 0.1) is 18.9 Å². The van der Waals surface area contributed by atoms with Gasteiger partial charge in [-0.15, -0.1) is 0 Å². The van der Waals surface area contributed by atoms with Gasteiger partial charge in [0.1, 0.15) is 17.3 Å². The molecule has 14 heteroatoms. The van der Waals surface area contributed by atoms with Gasteiger partial charge >= 0.3 is 18.2 Å². The molecule has 3 heterocycles. The third-order valence-electron chi connectivity index (χ3n) is 8.77. The molecule has 0 saturated carbocycles. The lowest BCUT2D eigenvalue weighted by Gasteiger charge is -2.36. The number of carbonyl (C=O) groups is 5. The van der Waals surface area contributed by atoms with Gasteiger partial charge < -0.3 is 34.6 Å². The fourth-order valence-corrected chi connectivity index (χ4v) is 5.95. The number of pyridine rings is 1. The number of hydrogen-bond donors (Lipinski definition) is 3. The fraction of sp³-hybridized carbons (Fsp3) is 0.579. The van der Waals surface area contributed by atoms with Crippen LogP contribution in [0.25, 0.3) is 11.3 Å². The van der Waals surface area contributed by atoms with Gasteiger partial charge in [-0.25, -0.2) is 14.6 Å². The van der Waals surface area contributed by atoms with E-state index in [9.17, 15) is 24.0 Å². The predicted octanol–water partition coefficient (Wildman–Crippen LogP) is 4.99. The van der Waals surface area contributed by atoms with Crippen LogP contribution in [-0.4, -0.2) is 109 Å². The van der Waals surface area contributed by atoms with E-state index in [-0.39, 0.29) is 57.2 Å². The highest BCUT2D eigenvalue weighted by atomic mass is 16.6. The van der Waals surface area contributed by atoms with Gasteiger partial charge in [-0.05, 0) is 77.6 Å². The number of nitrogens with zero attached hydrogens (tertiary/aromatic N) is 3. The zero-order valence-corrected chi connectivity index (χ0v) is 30.9. The van der Waals surface area contributed by atoms with Crippen molar-refractivity contribution in [1.82, 2.24) is 25.4 Å². The second-order valence-corrected chi connectivity index (χ2v) is 14.2. The van der Waals surface area contributed by atoms with E-state index in [0.717, 1.165) is 45.2 Å². The number of piperazine rings is 1. The number of unbranched alkanes of at least 4 members (excludes halogenated alkanes) is 2. The van der Waals surface area contributed by atoms with Gasteiger partial charge in [0.2, 0.25) is 5.91 Å². The zero-order valence-electron chi connectivity index (χ0n) is 30.9. The first-order valence-corrected chi connectivity index (χ1v) is 18.4. The van der Waals surface area contributed by atoms with Crippen LogP contribution in [0.1, 0.15) is 83.1 Å². The standard InChI is InChI=1S/C38H54N6O8/c1-5-6-10-23-50-37(49)44-21-19-43(20-22-44)35(47)30(13-14-33(45)52-38(2,3)4)42-34(46)32-25-29(24-31(41-32)28-11-8-7-9-12-28)40-36(48)51-26-27-15-17-39-18-16-27/h7-9,11-12,24-25,27,30,39H,5-6,10,13-23,26H2,1-4H3,(H,42,46)(H,40,41,48)/t30-/m0/s1. The maximum Gasteiger partial charge on any atom is 0.411 e. The first kappa shape index (κ1) is 40.1. The molecule has 14 nitrogen and oxygen atoms in total. The highest BCUT2D eigenvalue weighted by Crippen LogP contribution is 2.23. The van der Waals surface area contributed by atoms with Crippen molar-refractivity contribution in [3.63, 3.8) is 0 Å². The molecule has 0 bridgehead atoms. The molecular formula is C38H54N6O8. The summed E-state index contributed by atoms with van der Waals surface area (Å²) in [6.45, 7) is 10.7. The van der Waals surface area contributed by atoms with Crippen molar-refractivity contribution in [1.29, 1.82) is 0 Å². The molecule has 2 aliphatic rings. The number of piperidine rings is 1. The van der Waals surface area contributed by atoms with Crippen LogP contribution in [0.5, 0.6) is 0 Å². The Morgan fingerprint density at radius 3 is 2.31 bits per heavy atom. The summed E-state index contributed by atoms with van der Waals surface area (Å²) in [5, 5.41) is 8.82. The molecular weight excluding hydrogens is 668 g/mol. The average molecular weight is 723 g/mol. The molecule has 2 saturated heterocycles. The van der Waals surface area contributed by atoms with Crippen LogP contribution in [0.4, 0.5) is 15.3 Å². The third kappa shape index (κ3) is 13.1. The van der Waals surface area contributed by atoms with E-state index in [1.165, 1.54) is 6.07 Å². The number of ether oxygens (including phenoxy) is 3. The largest absolute Gasteiger partial charge is 0.460 e. The van der Waals surface area contributed by atoms with Crippen LogP contribution >= 0.6 is 0 Å². The lowest BCUT2D eigenvalue weighted by atomic mass is 9.99. The molecule has 0 aliphatic carbocycles. The third-order valence-corrected chi connectivity index (χ3v) is 8.77. The van der Waals surface area contributed by atoms with Crippen LogP contribution in [0.15, 0.2) is 42.5 Å². The highest BCUT2D eigenvalue weighted by Gasteiger charge is 2.32. The van der Waals surface area contributed by atoms with Crippen LogP contribution in [0.3, 0.4) is 0 Å². The van der Waals surface area contributed by atoms with Crippen molar-refractivity contribution in [3.8, 4) is 11.3 Å². The summed E-state index contributed by atoms with van der Waals surface area (Å²) < 4.78 is 16.4. The van der Waals surface area contributed by atoms with Crippen molar-refractivity contribution in [2.75, 3.05) is 57.8 Å². The molecule has 284 valence electrons. The number of anilines is 1. The topological polar surface area (TPSA) is 168 Å². The minimum Gasteiger partial charge on any atom is -0.460 e. The molecule has 0 unspecified atom stereocenters. The van der Waals surface area contributed by atoms with Gasteiger partial charge in [0.25, 0.3) is 5.91 Å². The monoisotopic (exact) mass is 722 g/mol. The SMILES string of the molecule is CCCCCOC(=O)N1CCN(C(=O)[C@H](CCC(=O)OC(C)(C)C)NC(=O)c2cc(NC(=O)OCC3CCNCC3)cc(-c3ccccc3)n2)CC1. The molecule has 1 aromatic carbocycles. The summed E-state index contributed by atoms with van der Waals surface area (Å²) in [6.07, 6.45) is 3.41. The Morgan fingerprint density at radius 2 is 1.63 bits per heavy atom. The highest BCUT2D eigenvalue weighted by molar-refractivity contribution is 5.98. The quantitative estimate of drug-likeness (QED) is 0.137. The first-order valence-electron chi connectivity index (χ1n) is 18.4. The van der Waals surface area contributed by atoms with E-state index < -0.39 is 41.6 Å². The number of aromatic nitrogens is 1. The van der Waals surface area contributed by atoms with Crippen molar-refractivity contribution in [3.05, 3.63) is 48.2 Å². The van der Waals surface area contributed by atoms with Gasteiger partial charge in [0, 0.05) is 43.9 Å². The van der Waals surface area contributed by atoms with E-state index in [1.807, 2.05) is 30.3 Å². The summed E-state index contributed by atoms with van der Waals surface area (Å²) >= 11 is 0. The smallest absolute Gasteiger partial charge is 0.411 e. The Bertz CT molecular complexity index is 1500. The van der Waals surface area contributed by atoms with E-state index in [0.29, 0.717) is 23.6 Å². The number of esters is 1. The Balaban J connectivity index is 1.49. The van der Waals surface area contributed by atoms with E-state index in [4.69, 9.17) is 14.2 Å². The number of amides is 4. The molecule has 0 spiro atoms. The normalized spacial score (nSPS) is 15.7. The van der Waals surface area contributed by atoms with Gasteiger partial charge in [-0.1, -0.05) is 50.1 Å². The molecule has 2 aromatic rings.